The van der Waals surface area contributed by atoms with Gasteiger partial charge in [0.25, 0.3) is 0 Å². The lowest BCUT2D eigenvalue weighted by Gasteiger charge is -2.13. The van der Waals surface area contributed by atoms with Crippen molar-refractivity contribution in [2.45, 2.75) is 46.1 Å². The molecule has 0 rings (SSSR count). The minimum atomic E-state index is 0.256. The molecule has 0 aromatic carbocycles. The average Bonchev–Trinajstić information content (AvgIpc) is 2.03. The molecule has 66 valence electrons. The van der Waals surface area contributed by atoms with Crippen LogP contribution < -0.4 is 5.73 Å². The van der Waals surface area contributed by atoms with Crippen LogP contribution in [0.15, 0.2) is 12.2 Å². The first-order valence-electron chi connectivity index (χ1n) is 4.64. The fourth-order valence-corrected chi connectivity index (χ4v) is 0.882. The van der Waals surface area contributed by atoms with Crippen molar-refractivity contribution in [1.82, 2.24) is 0 Å². The standard InChI is InChI=1S/C10H21N/c1-4-6-7-8-10(11)9(3)5-2/h7-10H,4-6,11H2,1-3H3/b8-7-/t9-,10+/m0/s1. The van der Waals surface area contributed by atoms with Gasteiger partial charge in [-0.3, -0.25) is 0 Å². The first-order valence-corrected chi connectivity index (χ1v) is 4.64. The zero-order chi connectivity index (χ0) is 8.69. The summed E-state index contributed by atoms with van der Waals surface area (Å²) in [5.74, 6) is 0.614. The molecule has 0 bridgehead atoms. The van der Waals surface area contributed by atoms with E-state index in [1.54, 1.807) is 0 Å². The summed E-state index contributed by atoms with van der Waals surface area (Å²) in [4.78, 5) is 0. The molecule has 0 aliphatic carbocycles. The van der Waals surface area contributed by atoms with E-state index in [1.165, 1.54) is 6.42 Å². The minimum absolute atomic E-state index is 0.256. The Hall–Kier alpha value is -0.300. The third-order valence-corrected chi connectivity index (χ3v) is 2.11. The van der Waals surface area contributed by atoms with Crippen molar-refractivity contribution in [3.05, 3.63) is 12.2 Å². The van der Waals surface area contributed by atoms with Gasteiger partial charge in [0, 0.05) is 6.04 Å². The van der Waals surface area contributed by atoms with Crippen LogP contribution in [-0.2, 0) is 0 Å². The van der Waals surface area contributed by atoms with Gasteiger partial charge in [-0.25, -0.2) is 0 Å². The van der Waals surface area contributed by atoms with E-state index in [0.29, 0.717) is 5.92 Å². The Morgan fingerprint density at radius 3 is 2.45 bits per heavy atom. The first-order chi connectivity index (χ1) is 5.22. The monoisotopic (exact) mass is 155 g/mol. The molecule has 0 heterocycles. The molecular weight excluding hydrogens is 134 g/mol. The van der Waals surface area contributed by atoms with Crippen molar-refractivity contribution in [3.8, 4) is 0 Å². The smallest absolute Gasteiger partial charge is 0.0249 e. The van der Waals surface area contributed by atoms with Crippen LogP contribution in [0.2, 0.25) is 0 Å². The third kappa shape index (κ3) is 5.02. The van der Waals surface area contributed by atoms with E-state index in [1.807, 2.05) is 0 Å². The fourth-order valence-electron chi connectivity index (χ4n) is 0.882. The fraction of sp³-hybridized carbons (Fsp3) is 0.800. The Bertz CT molecular complexity index is 107. The number of allylic oxidation sites excluding steroid dienone is 1. The Labute approximate surface area is 70.7 Å². The van der Waals surface area contributed by atoms with Crippen LogP contribution in [0, 0.1) is 5.92 Å². The molecule has 0 aromatic heterocycles. The molecule has 0 saturated carbocycles. The van der Waals surface area contributed by atoms with Crippen LogP contribution in [0.3, 0.4) is 0 Å². The molecule has 2 N–H and O–H groups in total. The van der Waals surface area contributed by atoms with E-state index >= 15 is 0 Å². The second-order valence-electron chi connectivity index (χ2n) is 3.18. The Balaban J connectivity index is 3.57. The number of unbranched alkanes of at least 4 members (excludes halogenated alkanes) is 1. The second-order valence-corrected chi connectivity index (χ2v) is 3.18. The maximum absolute atomic E-state index is 5.88. The Morgan fingerprint density at radius 2 is 2.00 bits per heavy atom. The number of nitrogens with two attached hydrogens (primary N) is 1. The topological polar surface area (TPSA) is 26.0 Å². The van der Waals surface area contributed by atoms with Crippen molar-refractivity contribution in [3.63, 3.8) is 0 Å². The summed E-state index contributed by atoms with van der Waals surface area (Å²) in [6.45, 7) is 6.55. The Kier molecular flexibility index (Phi) is 6.24. The summed E-state index contributed by atoms with van der Waals surface area (Å²) in [6.07, 6.45) is 7.86. The van der Waals surface area contributed by atoms with Gasteiger partial charge >= 0.3 is 0 Å². The van der Waals surface area contributed by atoms with Crippen LogP contribution >= 0.6 is 0 Å². The highest BCUT2D eigenvalue weighted by Gasteiger charge is 2.05. The highest BCUT2D eigenvalue weighted by molar-refractivity contribution is 4.93. The van der Waals surface area contributed by atoms with Crippen molar-refractivity contribution < 1.29 is 0 Å². The van der Waals surface area contributed by atoms with Gasteiger partial charge in [0.05, 0.1) is 0 Å². The van der Waals surface area contributed by atoms with Gasteiger partial charge in [0.15, 0.2) is 0 Å². The molecule has 0 aliphatic rings. The number of rotatable bonds is 5. The van der Waals surface area contributed by atoms with E-state index in [-0.39, 0.29) is 6.04 Å². The van der Waals surface area contributed by atoms with E-state index in [0.717, 1.165) is 12.8 Å². The molecule has 11 heavy (non-hydrogen) atoms. The molecule has 0 saturated heterocycles. The predicted molar refractivity (Wildman–Crippen MR) is 51.5 cm³/mol. The lowest BCUT2D eigenvalue weighted by molar-refractivity contribution is 0.502. The van der Waals surface area contributed by atoms with Gasteiger partial charge in [0.1, 0.15) is 0 Å². The molecular formula is C10H21N. The summed E-state index contributed by atoms with van der Waals surface area (Å²) in [5, 5.41) is 0. The molecule has 1 heteroatoms. The minimum Gasteiger partial charge on any atom is -0.324 e. The van der Waals surface area contributed by atoms with E-state index < -0.39 is 0 Å². The summed E-state index contributed by atoms with van der Waals surface area (Å²) >= 11 is 0. The van der Waals surface area contributed by atoms with Crippen LogP contribution in [0.25, 0.3) is 0 Å². The van der Waals surface area contributed by atoms with Gasteiger partial charge in [0.2, 0.25) is 0 Å². The number of hydrogen-bond acceptors (Lipinski definition) is 1. The van der Waals surface area contributed by atoms with Crippen molar-refractivity contribution >= 4 is 0 Å². The summed E-state index contributed by atoms with van der Waals surface area (Å²) in [5.41, 5.74) is 5.88. The maximum Gasteiger partial charge on any atom is 0.0249 e. The molecule has 0 radical (unpaired) electrons. The normalized spacial score (nSPS) is 17.1. The van der Waals surface area contributed by atoms with Gasteiger partial charge in [-0.1, -0.05) is 45.8 Å². The molecule has 1 nitrogen and oxygen atoms in total. The SMILES string of the molecule is CCC/C=C\[C@@H](N)[C@@H](C)CC. The predicted octanol–water partition coefficient (Wildman–Crippen LogP) is 2.72. The zero-order valence-electron chi connectivity index (χ0n) is 8.01. The lowest BCUT2D eigenvalue weighted by Crippen LogP contribution is -2.25. The molecule has 2 atom stereocenters. The lowest BCUT2D eigenvalue weighted by atomic mass is 9.99. The van der Waals surface area contributed by atoms with Gasteiger partial charge < -0.3 is 5.73 Å². The molecule has 0 aromatic rings. The summed E-state index contributed by atoms with van der Waals surface area (Å²) in [7, 11) is 0. The first kappa shape index (κ1) is 10.7. The maximum atomic E-state index is 5.88. The summed E-state index contributed by atoms with van der Waals surface area (Å²) < 4.78 is 0. The highest BCUT2D eigenvalue weighted by atomic mass is 14.6. The molecule has 0 amide bonds. The molecule has 0 fully saturated rings. The third-order valence-electron chi connectivity index (χ3n) is 2.11. The zero-order valence-corrected chi connectivity index (χ0v) is 8.01. The van der Waals surface area contributed by atoms with Crippen LogP contribution in [0.4, 0.5) is 0 Å². The quantitative estimate of drug-likeness (QED) is 0.607. The molecule has 0 unspecified atom stereocenters. The number of hydrogen-bond donors (Lipinski definition) is 1. The Morgan fingerprint density at radius 1 is 1.36 bits per heavy atom. The highest BCUT2D eigenvalue weighted by Crippen LogP contribution is 2.06. The largest absolute Gasteiger partial charge is 0.324 e. The van der Waals surface area contributed by atoms with Gasteiger partial charge in [-0.15, -0.1) is 0 Å². The van der Waals surface area contributed by atoms with Crippen molar-refractivity contribution in [1.29, 1.82) is 0 Å². The molecule has 0 spiro atoms. The van der Waals surface area contributed by atoms with E-state index in [9.17, 15) is 0 Å². The van der Waals surface area contributed by atoms with Crippen molar-refractivity contribution in [2.75, 3.05) is 0 Å². The van der Waals surface area contributed by atoms with E-state index in [4.69, 9.17) is 5.73 Å². The van der Waals surface area contributed by atoms with Crippen LogP contribution in [-0.4, -0.2) is 6.04 Å². The van der Waals surface area contributed by atoms with Crippen molar-refractivity contribution in [2.24, 2.45) is 11.7 Å². The van der Waals surface area contributed by atoms with Crippen LogP contribution in [0.5, 0.6) is 0 Å². The average molecular weight is 155 g/mol. The second kappa shape index (κ2) is 6.41. The van der Waals surface area contributed by atoms with Gasteiger partial charge in [-0.2, -0.15) is 0 Å². The van der Waals surface area contributed by atoms with E-state index in [2.05, 4.69) is 32.9 Å². The molecule has 0 aliphatic heterocycles. The summed E-state index contributed by atoms with van der Waals surface area (Å²) in [6, 6.07) is 0.256. The van der Waals surface area contributed by atoms with Crippen LogP contribution in [0.1, 0.15) is 40.0 Å². The van der Waals surface area contributed by atoms with Gasteiger partial charge in [-0.05, 0) is 12.3 Å².